The van der Waals surface area contributed by atoms with E-state index in [1.165, 1.54) is 0 Å². The third-order valence-electron chi connectivity index (χ3n) is 4.39. The van der Waals surface area contributed by atoms with Crippen molar-refractivity contribution in [3.05, 3.63) is 0 Å². The van der Waals surface area contributed by atoms with Crippen LogP contribution in [0.3, 0.4) is 0 Å². The average Bonchev–Trinajstić information content (AvgIpc) is 2.37. The van der Waals surface area contributed by atoms with Gasteiger partial charge < -0.3 is 14.8 Å². The SMILES string of the molecule is CC1(C)CC(NCC(C)(C)N2CCOCC2)CCO1. The summed E-state index contributed by atoms with van der Waals surface area (Å²) in [6.07, 6.45) is 2.23. The van der Waals surface area contributed by atoms with Gasteiger partial charge in [0.05, 0.1) is 18.8 Å². The molecule has 2 rings (SSSR count). The van der Waals surface area contributed by atoms with Crippen LogP contribution in [0.5, 0.6) is 0 Å². The van der Waals surface area contributed by atoms with Crippen molar-refractivity contribution in [2.75, 3.05) is 39.5 Å². The maximum Gasteiger partial charge on any atom is 0.0641 e. The summed E-state index contributed by atoms with van der Waals surface area (Å²) in [5, 5.41) is 3.75. The van der Waals surface area contributed by atoms with Crippen molar-refractivity contribution in [3.8, 4) is 0 Å². The minimum atomic E-state index is 0.0268. The fourth-order valence-electron chi connectivity index (χ4n) is 3.08. The molecule has 0 amide bonds. The van der Waals surface area contributed by atoms with Crippen molar-refractivity contribution in [1.82, 2.24) is 10.2 Å². The highest BCUT2D eigenvalue weighted by molar-refractivity contribution is 4.89. The molecular weight excluding hydrogens is 240 g/mol. The minimum absolute atomic E-state index is 0.0268. The number of nitrogens with one attached hydrogen (secondary N) is 1. The Bertz CT molecular complexity index is 286. The summed E-state index contributed by atoms with van der Waals surface area (Å²) in [4.78, 5) is 2.54. The molecule has 0 bridgehead atoms. The third-order valence-corrected chi connectivity index (χ3v) is 4.39. The summed E-state index contributed by atoms with van der Waals surface area (Å²) >= 11 is 0. The van der Waals surface area contributed by atoms with Crippen LogP contribution in [0.4, 0.5) is 0 Å². The zero-order valence-electron chi connectivity index (χ0n) is 13.0. The maximum absolute atomic E-state index is 5.78. The molecule has 2 saturated heterocycles. The van der Waals surface area contributed by atoms with Gasteiger partial charge in [-0.25, -0.2) is 0 Å². The molecule has 0 aromatic carbocycles. The summed E-state index contributed by atoms with van der Waals surface area (Å²) in [7, 11) is 0. The predicted molar refractivity (Wildman–Crippen MR) is 77.5 cm³/mol. The van der Waals surface area contributed by atoms with Gasteiger partial charge in [0.2, 0.25) is 0 Å². The van der Waals surface area contributed by atoms with E-state index in [-0.39, 0.29) is 11.1 Å². The lowest BCUT2D eigenvalue weighted by Gasteiger charge is -2.43. The Labute approximate surface area is 117 Å². The first-order valence-electron chi connectivity index (χ1n) is 7.59. The Morgan fingerprint density at radius 2 is 1.89 bits per heavy atom. The van der Waals surface area contributed by atoms with Crippen LogP contribution < -0.4 is 5.32 Å². The van der Waals surface area contributed by atoms with E-state index >= 15 is 0 Å². The van der Waals surface area contributed by atoms with Crippen molar-refractivity contribution in [2.45, 2.75) is 57.7 Å². The number of rotatable bonds is 4. The standard InChI is InChI=1S/C15H30N2O2/c1-14(2,17-6-9-18-10-7-17)12-16-13-5-8-19-15(3,4)11-13/h13,16H,5-12H2,1-4H3. The second-order valence-corrected chi connectivity index (χ2v) is 7.09. The Balaban J connectivity index is 1.80. The molecule has 19 heavy (non-hydrogen) atoms. The van der Waals surface area contributed by atoms with Crippen molar-refractivity contribution in [3.63, 3.8) is 0 Å². The van der Waals surface area contributed by atoms with Crippen LogP contribution in [-0.4, -0.2) is 61.5 Å². The molecule has 4 heteroatoms. The van der Waals surface area contributed by atoms with E-state index in [1.54, 1.807) is 0 Å². The normalized spacial score (nSPS) is 29.4. The van der Waals surface area contributed by atoms with Crippen LogP contribution in [0.25, 0.3) is 0 Å². The van der Waals surface area contributed by atoms with Crippen molar-refractivity contribution in [2.24, 2.45) is 0 Å². The lowest BCUT2D eigenvalue weighted by molar-refractivity contribution is -0.0655. The topological polar surface area (TPSA) is 33.7 Å². The second-order valence-electron chi connectivity index (χ2n) is 7.09. The van der Waals surface area contributed by atoms with Gasteiger partial charge in [-0.2, -0.15) is 0 Å². The van der Waals surface area contributed by atoms with Gasteiger partial charge in [-0.3, -0.25) is 4.90 Å². The van der Waals surface area contributed by atoms with Crippen molar-refractivity contribution < 1.29 is 9.47 Å². The second kappa shape index (κ2) is 6.08. The van der Waals surface area contributed by atoms with Crippen LogP contribution in [0.1, 0.15) is 40.5 Å². The zero-order valence-corrected chi connectivity index (χ0v) is 13.0. The molecule has 1 N–H and O–H groups in total. The van der Waals surface area contributed by atoms with Gasteiger partial charge in [-0.1, -0.05) is 0 Å². The maximum atomic E-state index is 5.78. The monoisotopic (exact) mass is 270 g/mol. The van der Waals surface area contributed by atoms with E-state index in [2.05, 4.69) is 37.9 Å². The van der Waals surface area contributed by atoms with Crippen LogP contribution >= 0.6 is 0 Å². The molecule has 4 nitrogen and oxygen atoms in total. The summed E-state index contributed by atoms with van der Waals surface area (Å²) in [5.41, 5.74) is 0.227. The molecule has 0 aliphatic carbocycles. The van der Waals surface area contributed by atoms with Crippen LogP contribution in [0.2, 0.25) is 0 Å². The molecule has 0 aromatic heterocycles. The van der Waals surface area contributed by atoms with Crippen LogP contribution in [0, 0.1) is 0 Å². The van der Waals surface area contributed by atoms with Gasteiger partial charge in [-0.15, -0.1) is 0 Å². The lowest BCUT2D eigenvalue weighted by atomic mass is 9.93. The summed E-state index contributed by atoms with van der Waals surface area (Å²) < 4.78 is 11.2. The first kappa shape index (κ1) is 15.2. The van der Waals surface area contributed by atoms with Gasteiger partial charge in [0.15, 0.2) is 0 Å². The highest BCUT2D eigenvalue weighted by Crippen LogP contribution is 2.24. The van der Waals surface area contributed by atoms with Gasteiger partial charge in [0.1, 0.15) is 0 Å². The van der Waals surface area contributed by atoms with E-state index in [0.29, 0.717) is 6.04 Å². The molecule has 0 aromatic rings. The molecule has 0 spiro atoms. The first-order valence-corrected chi connectivity index (χ1v) is 7.59. The van der Waals surface area contributed by atoms with E-state index < -0.39 is 0 Å². The fraction of sp³-hybridized carbons (Fsp3) is 1.00. The number of hydrogen-bond donors (Lipinski definition) is 1. The third kappa shape index (κ3) is 4.42. The number of hydrogen-bond acceptors (Lipinski definition) is 4. The van der Waals surface area contributed by atoms with Gasteiger partial charge in [0.25, 0.3) is 0 Å². The van der Waals surface area contributed by atoms with Gasteiger partial charge in [0, 0.05) is 37.8 Å². The molecule has 2 heterocycles. The summed E-state index contributed by atoms with van der Waals surface area (Å²) in [6, 6.07) is 0.587. The van der Waals surface area contributed by atoms with Gasteiger partial charge in [-0.05, 0) is 40.5 Å². The molecule has 2 aliphatic rings. The number of nitrogens with zero attached hydrogens (tertiary/aromatic N) is 1. The Morgan fingerprint density at radius 3 is 2.53 bits per heavy atom. The Hall–Kier alpha value is -0.160. The van der Waals surface area contributed by atoms with Crippen molar-refractivity contribution in [1.29, 1.82) is 0 Å². The summed E-state index contributed by atoms with van der Waals surface area (Å²) in [6.45, 7) is 14.8. The lowest BCUT2D eigenvalue weighted by Crippen LogP contribution is -2.57. The predicted octanol–water partition coefficient (Wildman–Crippen LogP) is 1.64. The minimum Gasteiger partial charge on any atom is -0.379 e. The average molecular weight is 270 g/mol. The van der Waals surface area contributed by atoms with E-state index in [1.807, 2.05) is 0 Å². The zero-order chi connectivity index (χ0) is 13.9. The summed E-state index contributed by atoms with van der Waals surface area (Å²) in [5.74, 6) is 0. The largest absolute Gasteiger partial charge is 0.379 e. The van der Waals surface area contributed by atoms with E-state index in [9.17, 15) is 0 Å². The van der Waals surface area contributed by atoms with E-state index in [0.717, 1.165) is 52.3 Å². The Morgan fingerprint density at radius 1 is 1.21 bits per heavy atom. The Kier molecular flexibility index (Phi) is 4.88. The first-order chi connectivity index (χ1) is 8.89. The fourth-order valence-corrected chi connectivity index (χ4v) is 3.08. The van der Waals surface area contributed by atoms with Crippen LogP contribution in [-0.2, 0) is 9.47 Å². The van der Waals surface area contributed by atoms with Crippen molar-refractivity contribution >= 4 is 0 Å². The molecular formula is C15H30N2O2. The van der Waals surface area contributed by atoms with Crippen LogP contribution in [0.15, 0.2) is 0 Å². The number of morpholine rings is 1. The smallest absolute Gasteiger partial charge is 0.0641 e. The molecule has 2 aliphatic heterocycles. The molecule has 1 atom stereocenters. The molecule has 2 fully saturated rings. The van der Waals surface area contributed by atoms with E-state index in [4.69, 9.17) is 9.47 Å². The quantitative estimate of drug-likeness (QED) is 0.842. The molecule has 112 valence electrons. The highest BCUT2D eigenvalue weighted by atomic mass is 16.5. The highest BCUT2D eigenvalue weighted by Gasteiger charge is 2.32. The molecule has 0 radical (unpaired) electrons. The molecule has 1 unspecified atom stereocenters. The number of ether oxygens (including phenoxy) is 2. The molecule has 0 saturated carbocycles. The van der Waals surface area contributed by atoms with Gasteiger partial charge >= 0.3 is 0 Å².